The zero-order valence-corrected chi connectivity index (χ0v) is 13.5. The van der Waals surface area contributed by atoms with E-state index in [0.29, 0.717) is 5.56 Å². The fraction of sp³-hybridized carbons (Fsp3) is 0.0833. The molecule has 0 bridgehead atoms. The second kappa shape index (κ2) is 5.49. The molecule has 0 aliphatic rings. The number of benzene rings is 1. The number of thiophene rings is 1. The first-order valence-electron chi connectivity index (χ1n) is 4.88. The number of hydrogen-bond donors (Lipinski definition) is 1. The number of rotatable bonds is 2. The van der Waals surface area contributed by atoms with E-state index in [-0.39, 0.29) is 5.91 Å². The number of amides is 1. The highest BCUT2D eigenvalue weighted by Crippen LogP contribution is 2.22. The number of halogens is 2. The van der Waals surface area contributed by atoms with Crippen molar-refractivity contribution in [2.45, 2.75) is 6.92 Å². The summed E-state index contributed by atoms with van der Waals surface area (Å²) in [6.45, 7) is 1.97. The first-order valence-corrected chi connectivity index (χ1v) is 7.63. The molecule has 0 radical (unpaired) electrons. The molecule has 5 heteroatoms. The average molecular weight is 422 g/mol. The van der Waals surface area contributed by atoms with Crippen LogP contribution in [0.2, 0.25) is 0 Å². The molecule has 0 aliphatic heterocycles. The summed E-state index contributed by atoms with van der Waals surface area (Å²) in [5, 5.41) is 4.78. The van der Waals surface area contributed by atoms with Gasteiger partial charge in [0.05, 0.1) is 8.45 Å². The first-order chi connectivity index (χ1) is 8.06. The predicted molar refractivity (Wildman–Crippen MR) is 83.9 cm³/mol. The molecule has 0 saturated heterocycles. The maximum Gasteiger partial charge on any atom is 0.256 e. The standard InChI is InChI=1S/C12H9BrINOS/c1-7-4-9(13)2-3-10(7)15-12(16)8-5-11(14)17-6-8/h2-6H,1H3,(H,15,16). The van der Waals surface area contributed by atoms with Gasteiger partial charge in [0.15, 0.2) is 0 Å². The van der Waals surface area contributed by atoms with Gasteiger partial charge in [0, 0.05) is 15.5 Å². The normalized spacial score (nSPS) is 10.3. The third kappa shape index (κ3) is 3.29. The summed E-state index contributed by atoms with van der Waals surface area (Å²) in [5.41, 5.74) is 2.60. The van der Waals surface area contributed by atoms with Gasteiger partial charge in [0.25, 0.3) is 5.91 Å². The Hall–Kier alpha value is -0.400. The molecule has 0 aliphatic carbocycles. The summed E-state index contributed by atoms with van der Waals surface area (Å²) < 4.78 is 2.12. The van der Waals surface area contributed by atoms with E-state index in [1.54, 1.807) is 11.3 Å². The van der Waals surface area contributed by atoms with Crippen molar-refractivity contribution in [2.24, 2.45) is 0 Å². The second-order valence-electron chi connectivity index (χ2n) is 3.55. The minimum atomic E-state index is -0.0606. The molecule has 0 atom stereocenters. The van der Waals surface area contributed by atoms with Gasteiger partial charge in [-0.25, -0.2) is 0 Å². The van der Waals surface area contributed by atoms with E-state index in [1.807, 2.05) is 36.6 Å². The molecule has 0 fully saturated rings. The van der Waals surface area contributed by atoms with Crippen LogP contribution in [0, 0.1) is 9.81 Å². The van der Waals surface area contributed by atoms with Gasteiger partial charge in [0.2, 0.25) is 0 Å². The van der Waals surface area contributed by atoms with Gasteiger partial charge in [0.1, 0.15) is 0 Å². The number of aryl methyl sites for hydroxylation is 1. The first kappa shape index (κ1) is 13.0. The van der Waals surface area contributed by atoms with Crippen molar-refractivity contribution in [3.05, 3.63) is 48.1 Å². The molecule has 0 saturated carbocycles. The SMILES string of the molecule is Cc1cc(Br)ccc1NC(=O)c1csc(I)c1. The number of anilines is 1. The average Bonchev–Trinajstić information content (AvgIpc) is 2.69. The van der Waals surface area contributed by atoms with Crippen LogP contribution in [0.25, 0.3) is 0 Å². The van der Waals surface area contributed by atoms with Crippen molar-refractivity contribution in [1.29, 1.82) is 0 Å². The number of hydrogen-bond acceptors (Lipinski definition) is 2. The summed E-state index contributed by atoms with van der Waals surface area (Å²) in [6, 6.07) is 7.68. The molecular formula is C12H9BrINOS. The van der Waals surface area contributed by atoms with Crippen molar-refractivity contribution >= 4 is 61.5 Å². The maximum absolute atomic E-state index is 11.9. The van der Waals surface area contributed by atoms with Crippen molar-refractivity contribution in [3.63, 3.8) is 0 Å². The molecule has 2 rings (SSSR count). The molecule has 1 aromatic carbocycles. The lowest BCUT2D eigenvalue weighted by Crippen LogP contribution is -2.11. The van der Waals surface area contributed by atoms with Crippen LogP contribution in [0.4, 0.5) is 5.69 Å². The minimum Gasteiger partial charge on any atom is -0.322 e. The Bertz CT molecular complexity index is 567. The van der Waals surface area contributed by atoms with Gasteiger partial charge < -0.3 is 5.32 Å². The van der Waals surface area contributed by atoms with Crippen LogP contribution in [0.5, 0.6) is 0 Å². The Balaban J connectivity index is 2.18. The summed E-state index contributed by atoms with van der Waals surface area (Å²) in [6.07, 6.45) is 0. The number of nitrogens with one attached hydrogen (secondary N) is 1. The van der Waals surface area contributed by atoms with E-state index in [1.165, 1.54) is 0 Å². The largest absolute Gasteiger partial charge is 0.322 e. The van der Waals surface area contributed by atoms with Crippen LogP contribution in [-0.2, 0) is 0 Å². The lowest BCUT2D eigenvalue weighted by molar-refractivity contribution is 0.102. The van der Waals surface area contributed by atoms with Crippen molar-refractivity contribution in [1.82, 2.24) is 0 Å². The molecule has 1 heterocycles. The van der Waals surface area contributed by atoms with Crippen LogP contribution >= 0.6 is 49.9 Å². The molecule has 1 amide bonds. The van der Waals surface area contributed by atoms with Gasteiger partial charge in [-0.15, -0.1) is 11.3 Å². The molecule has 0 spiro atoms. The van der Waals surface area contributed by atoms with Gasteiger partial charge in [-0.1, -0.05) is 15.9 Å². The fourth-order valence-electron chi connectivity index (χ4n) is 1.39. The van der Waals surface area contributed by atoms with Crippen LogP contribution in [-0.4, -0.2) is 5.91 Å². The topological polar surface area (TPSA) is 29.1 Å². The Labute approximate surface area is 126 Å². The van der Waals surface area contributed by atoms with Crippen molar-refractivity contribution < 1.29 is 4.79 Å². The Morgan fingerprint density at radius 1 is 1.41 bits per heavy atom. The predicted octanol–water partition coefficient (Wildman–Crippen LogP) is 4.68. The van der Waals surface area contributed by atoms with E-state index >= 15 is 0 Å². The third-order valence-electron chi connectivity index (χ3n) is 2.27. The summed E-state index contributed by atoms with van der Waals surface area (Å²) >= 11 is 7.18. The van der Waals surface area contributed by atoms with Crippen LogP contribution < -0.4 is 5.32 Å². The molecule has 2 aromatic rings. The van der Waals surface area contributed by atoms with Gasteiger partial charge in [-0.3, -0.25) is 4.79 Å². The van der Waals surface area contributed by atoms with E-state index in [2.05, 4.69) is 43.8 Å². The van der Waals surface area contributed by atoms with Crippen LogP contribution in [0.1, 0.15) is 15.9 Å². The van der Waals surface area contributed by atoms with Crippen LogP contribution in [0.15, 0.2) is 34.1 Å². The zero-order chi connectivity index (χ0) is 12.4. The smallest absolute Gasteiger partial charge is 0.256 e. The summed E-state index contributed by atoms with van der Waals surface area (Å²) in [4.78, 5) is 11.9. The summed E-state index contributed by atoms with van der Waals surface area (Å²) in [5.74, 6) is -0.0606. The molecule has 1 N–H and O–H groups in total. The van der Waals surface area contributed by atoms with Gasteiger partial charge in [-0.2, -0.15) is 0 Å². The lowest BCUT2D eigenvalue weighted by Gasteiger charge is -2.07. The highest BCUT2D eigenvalue weighted by atomic mass is 127. The number of carbonyl (C=O) groups is 1. The van der Waals surface area contributed by atoms with Gasteiger partial charge >= 0.3 is 0 Å². The minimum absolute atomic E-state index is 0.0606. The van der Waals surface area contributed by atoms with Crippen molar-refractivity contribution in [2.75, 3.05) is 5.32 Å². The molecule has 2 nitrogen and oxygen atoms in total. The van der Waals surface area contributed by atoms with Crippen LogP contribution in [0.3, 0.4) is 0 Å². The molecule has 1 aromatic heterocycles. The second-order valence-corrected chi connectivity index (χ2v) is 7.27. The fourth-order valence-corrected chi connectivity index (χ4v) is 3.19. The summed E-state index contributed by atoms with van der Waals surface area (Å²) in [7, 11) is 0. The Morgan fingerprint density at radius 3 is 2.76 bits per heavy atom. The highest BCUT2D eigenvalue weighted by Gasteiger charge is 2.09. The quantitative estimate of drug-likeness (QED) is 0.701. The van der Waals surface area contributed by atoms with Crippen molar-refractivity contribution in [3.8, 4) is 0 Å². The number of carbonyl (C=O) groups excluding carboxylic acids is 1. The van der Waals surface area contributed by atoms with E-state index in [0.717, 1.165) is 18.6 Å². The Morgan fingerprint density at radius 2 is 2.18 bits per heavy atom. The lowest BCUT2D eigenvalue weighted by atomic mass is 10.2. The Kier molecular flexibility index (Phi) is 4.22. The highest BCUT2D eigenvalue weighted by molar-refractivity contribution is 14.1. The van der Waals surface area contributed by atoms with E-state index < -0.39 is 0 Å². The molecule has 0 unspecified atom stereocenters. The zero-order valence-electron chi connectivity index (χ0n) is 8.96. The third-order valence-corrected chi connectivity index (χ3v) is 4.55. The molecule has 17 heavy (non-hydrogen) atoms. The molecular weight excluding hydrogens is 413 g/mol. The van der Waals surface area contributed by atoms with E-state index in [4.69, 9.17) is 0 Å². The van der Waals surface area contributed by atoms with E-state index in [9.17, 15) is 4.79 Å². The molecule has 88 valence electrons. The monoisotopic (exact) mass is 421 g/mol. The van der Waals surface area contributed by atoms with Gasteiger partial charge in [-0.05, 0) is 59.3 Å². The maximum atomic E-state index is 11.9.